The minimum absolute atomic E-state index is 0.00641. The lowest BCUT2D eigenvalue weighted by Crippen LogP contribution is -2.56. The molecule has 1 heterocycles. The lowest BCUT2D eigenvalue weighted by Gasteiger charge is -2.46. The van der Waals surface area contributed by atoms with Gasteiger partial charge in [-0.15, -0.1) is 0 Å². The predicted octanol–water partition coefficient (Wildman–Crippen LogP) is 5.09. The van der Waals surface area contributed by atoms with E-state index >= 15 is 0 Å². The van der Waals surface area contributed by atoms with Crippen LogP contribution in [0.4, 0.5) is 5.69 Å². The number of anilines is 1. The van der Waals surface area contributed by atoms with Gasteiger partial charge in [-0.25, -0.2) is 0 Å². The van der Waals surface area contributed by atoms with Crippen molar-refractivity contribution in [1.29, 1.82) is 0 Å². The summed E-state index contributed by atoms with van der Waals surface area (Å²) in [4.78, 5) is 15.2. The van der Waals surface area contributed by atoms with Crippen molar-refractivity contribution < 1.29 is 14.3 Å². The Morgan fingerprint density at radius 1 is 0.938 bits per heavy atom. The molecule has 166 valence electrons. The minimum atomic E-state index is -0.715. The van der Waals surface area contributed by atoms with Gasteiger partial charge in [0, 0.05) is 24.9 Å². The number of para-hydroxylation sites is 1. The topological polar surface area (TPSA) is 50.8 Å². The molecule has 0 aliphatic carbocycles. The van der Waals surface area contributed by atoms with Crippen molar-refractivity contribution >= 4 is 11.6 Å². The van der Waals surface area contributed by atoms with E-state index in [-0.39, 0.29) is 5.91 Å². The Hall–Kier alpha value is -3.31. The molecule has 3 aromatic carbocycles. The molecule has 1 amide bonds. The van der Waals surface area contributed by atoms with Gasteiger partial charge in [0.15, 0.2) is 0 Å². The smallest absolute Gasteiger partial charge is 0.258 e. The van der Waals surface area contributed by atoms with Crippen LogP contribution in [0.25, 0.3) is 0 Å². The first-order chi connectivity index (χ1) is 15.6. The Labute approximate surface area is 190 Å². The van der Waals surface area contributed by atoms with Crippen molar-refractivity contribution in [3.8, 4) is 5.75 Å². The third-order valence-electron chi connectivity index (χ3n) is 5.96. The summed E-state index contributed by atoms with van der Waals surface area (Å²) >= 11 is 0. The van der Waals surface area contributed by atoms with Crippen molar-refractivity contribution in [2.75, 3.05) is 32.2 Å². The third-order valence-corrected chi connectivity index (χ3v) is 5.96. The molecule has 0 bridgehead atoms. The number of amides is 1. The van der Waals surface area contributed by atoms with Crippen LogP contribution in [0.15, 0.2) is 78.9 Å². The number of aryl methyl sites for hydroxylation is 1. The van der Waals surface area contributed by atoms with Gasteiger partial charge in [-0.05, 0) is 49.6 Å². The second-order valence-corrected chi connectivity index (χ2v) is 8.16. The Bertz CT molecular complexity index is 1050. The minimum Gasteiger partial charge on any atom is -0.494 e. The number of nitrogens with zero attached hydrogens (tertiary/aromatic N) is 1. The standard InChI is InChI=1S/C27H30N2O3/c1-27(28-25-16-7-6-15-24(25)26(30)29(27)17-19-31-2)22-13-8-14-23(20-22)32-18-9-12-21-10-4-3-5-11-21/h3-8,10-11,13-16,20,28H,9,12,17-19H2,1-2H3. The monoisotopic (exact) mass is 430 g/mol. The van der Waals surface area contributed by atoms with E-state index in [1.165, 1.54) is 5.56 Å². The van der Waals surface area contributed by atoms with Crippen LogP contribution < -0.4 is 10.1 Å². The Morgan fingerprint density at radius 3 is 2.53 bits per heavy atom. The molecule has 0 aromatic heterocycles. The largest absolute Gasteiger partial charge is 0.494 e. The molecule has 1 N–H and O–H groups in total. The summed E-state index contributed by atoms with van der Waals surface area (Å²) in [5.74, 6) is 0.796. The lowest BCUT2D eigenvalue weighted by atomic mass is 9.93. The Kier molecular flexibility index (Phi) is 6.76. The first kappa shape index (κ1) is 21.9. The molecule has 0 saturated carbocycles. The molecule has 1 aliphatic heterocycles. The highest BCUT2D eigenvalue weighted by molar-refractivity contribution is 6.02. The molecular formula is C27H30N2O3. The van der Waals surface area contributed by atoms with Crippen molar-refractivity contribution in [3.63, 3.8) is 0 Å². The highest BCUT2D eigenvalue weighted by Gasteiger charge is 2.42. The van der Waals surface area contributed by atoms with Crippen LogP contribution in [0.3, 0.4) is 0 Å². The summed E-state index contributed by atoms with van der Waals surface area (Å²) in [6, 6.07) is 26.1. The Balaban J connectivity index is 1.52. The van der Waals surface area contributed by atoms with Gasteiger partial charge in [-0.2, -0.15) is 0 Å². The van der Waals surface area contributed by atoms with E-state index in [2.05, 4.69) is 29.6 Å². The van der Waals surface area contributed by atoms with Crippen molar-refractivity contribution in [2.24, 2.45) is 0 Å². The number of methoxy groups -OCH3 is 1. The number of ether oxygens (including phenoxy) is 2. The maximum atomic E-state index is 13.3. The van der Waals surface area contributed by atoms with Crippen molar-refractivity contribution in [3.05, 3.63) is 95.6 Å². The summed E-state index contributed by atoms with van der Waals surface area (Å²) in [5, 5.41) is 3.59. The highest BCUT2D eigenvalue weighted by Crippen LogP contribution is 2.38. The fraction of sp³-hybridized carbons (Fsp3) is 0.296. The van der Waals surface area contributed by atoms with Crippen molar-refractivity contribution in [2.45, 2.75) is 25.4 Å². The summed E-state index contributed by atoms with van der Waals surface area (Å²) < 4.78 is 11.4. The molecule has 1 atom stereocenters. The highest BCUT2D eigenvalue weighted by atomic mass is 16.5. The Morgan fingerprint density at radius 2 is 1.72 bits per heavy atom. The van der Waals surface area contributed by atoms with Crippen LogP contribution in [0.5, 0.6) is 5.75 Å². The normalized spacial score (nSPS) is 17.6. The first-order valence-corrected chi connectivity index (χ1v) is 11.1. The molecule has 0 radical (unpaired) electrons. The predicted molar refractivity (Wildman–Crippen MR) is 127 cm³/mol. The average Bonchev–Trinajstić information content (AvgIpc) is 2.83. The van der Waals surface area contributed by atoms with Gasteiger partial charge in [0.1, 0.15) is 11.4 Å². The van der Waals surface area contributed by atoms with E-state index in [0.717, 1.165) is 29.8 Å². The van der Waals surface area contributed by atoms with E-state index in [4.69, 9.17) is 9.47 Å². The summed E-state index contributed by atoms with van der Waals surface area (Å²) in [6.45, 7) is 3.61. The summed E-state index contributed by atoms with van der Waals surface area (Å²) in [7, 11) is 1.65. The molecule has 3 aromatic rings. The van der Waals surface area contributed by atoms with Gasteiger partial charge < -0.3 is 19.7 Å². The zero-order chi connectivity index (χ0) is 22.4. The first-order valence-electron chi connectivity index (χ1n) is 11.1. The van der Waals surface area contributed by atoms with Gasteiger partial charge >= 0.3 is 0 Å². The number of hydrogen-bond acceptors (Lipinski definition) is 4. The van der Waals surface area contributed by atoms with Crippen LogP contribution in [0.2, 0.25) is 0 Å². The number of benzene rings is 3. The maximum Gasteiger partial charge on any atom is 0.258 e. The average molecular weight is 431 g/mol. The number of fused-ring (bicyclic) bond motifs is 1. The van der Waals surface area contributed by atoms with E-state index in [0.29, 0.717) is 25.3 Å². The summed E-state index contributed by atoms with van der Waals surface area (Å²) in [6.07, 6.45) is 1.92. The number of nitrogens with one attached hydrogen (secondary N) is 1. The number of rotatable bonds is 9. The molecular weight excluding hydrogens is 400 g/mol. The number of carbonyl (C=O) groups is 1. The van der Waals surface area contributed by atoms with Gasteiger partial charge in [0.05, 0.1) is 18.8 Å². The molecule has 0 spiro atoms. The molecule has 0 saturated heterocycles. The fourth-order valence-electron chi connectivity index (χ4n) is 4.19. The van der Waals surface area contributed by atoms with Gasteiger partial charge in [-0.3, -0.25) is 4.79 Å². The zero-order valence-corrected chi connectivity index (χ0v) is 18.7. The zero-order valence-electron chi connectivity index (χ0n) is 18.7. The van der Waals surface area contributed by atoms with Crippen LogP contribution in [0.1, 0.15) is 34.8 Å². The van der Waals surface area contributed by atoms with Crippen LogP contribution in [-0.2, 0) is 16.8 Å². The maximum absolute atomic E-state index is 13.3. The van der Waals surface area contributed by atoms with Crippen LogP contribution >= 0.6 is 0 Å². The second-order valence-electron chi connectivity index (χ2n) is 8.16. The van der Waals surface area contributed by atoms with Gasteiger partial charge in [0.2, 0.25) is 0 Å². The quantitative estimate of drug-likeness (QED) is 0.481. The van der Waals surface area contributed by atoms with E-state index in [9.17, 15) is 4.79 Å². The molecule has 1 aliphatic rings. The molecule has 4 rings (SSSR count). The van der Waals surface area contributed by atoms with Crippen LogP contribution in [0, 0.1) is 0 Å². The molecule has 1 unspecified atom stereocenters. The van der Waals surface area contributed by atoms with E-state index in [1.807, 2.05) is 66.4 Å². The number of carbonyl (C=O) groups excluding carboxylic acids is 1. The van der Waals surface area contributed by atoms with Crippen LogP contribution in [-0.4, -0.2) is 37.7 Å². The molecule has 32 heavy (non-hydrogen) atoms. The van der Waals surface area contributed by atoms with Gasteiger partial charge in [0.25, 0.3) is 5.91 Å². The third kappa shape index (κ3) is 4.63. The van der Waals surface area contributed by atoms with Gasteiger partial charge in [-0.1, -0.05) is 54.6 Å². The SMILES string of the molecule is COCCN1C(=O)c2ccccc2NC1(C)c1cccc(OCCCc2ccccc2)c1. The van der Waals surface area contributed by atoms with E-state index in [1.54, 1.807) is 7.11 Å². The number of hydrogen-bond donors (Lipinski definition) is 1. The van der Waals surface area contributed by atoms with E-state index < -0.39 is 5.66 Å². The lowest BCUT2D eigenvalue weighted by molar-refractivity contribution is 0.0437. The molecule has 0 fully saturated rings. The van der Waals surface area contributed by atoms with Crippen molar-refractivity contribution in [1.82, 2.24) is 4.90 Å². The summed E-state index contributed by atoms with van der Waals surface area (Å²) in [5.41, 5.74) is 3.08. The second kappa shape index (κ2) is 9.88. The molecule has 5 heteroatoms. The fourth-order valence-corrected chi connectivity index (χ4v) is 4.19. The molecule has 5 nitrogen and oxygen atoms in total.